The fraction of sp³-hybridized carbons (Fsp3) is 0.818. The zero-order valence-corrected chi connectivity index (χ0v) is 12.1. The normalized spacial score (nSPS) is 14.2. The molecule has 0 amide bonds. The van der Waals surface area contributed by atoms with E-state index in [9.17, 15) is 0 Å². The molecule has 3 heteroatoms. The smallest absolute Gasteiger partial charge is 0.0650 e. The average Bonchev–Trinajstić information content (AvgIpc) is 2.09. The third kappa shape index (κ3) is 5.57. The first kappa shape index (κ1) is 13.9. The summed E-state index contributed by atoms with van der Waals surface area (Å²) < 4.78 is 0. The van der Waals surface area contributed by atoms with Gasteiger partial charge in [-0.1, -0.05) is 18.5 Å². The lowest BCUT2D eigenvalue weighted by Crippen LogP contribution is -2.40. The molecule has 0 saturated heterocycles. The molecular formula is C11H26N2Si. The van der Waals surface area contributed by atoms with E-state index in [-0.39, 0.29) is 9.52 Å². The van der Waals surface area contributed by atoms with Crippen LogP contribution in [-0.2, 0) is 0 Å². The molecule has 0 spiro atoms. The van der Waals surface area contributed by atoms with Crippen LogP contribution in [0.25, 0.3) is 0 Å². The van der Waals surface area contributed by atoms with Crippen LogP contribution in [0, 0.1) is 0 Å². The second-order valence-electron chi connectivity index (χ2n) is 4.45. The summed E-state index contributed by atoms with van der Waals surface area (Å²) in [5, 5.41) is 0. The summed E-state index contributed by atoms with van der Waals surface area (Å²) in [4.78, 5) is 4.57. The first-order valence-corrected chi connectivity index (χ1v) is 7.29. The zero-order chi connectivity index (χ0) is 11.1. The van der Waals surface area contributed by atoms with Gasteiger partial charge in [0.1, 0.15) is 0 Å². The van der Waals surface area contributed by atoms with Crippen molar-refractivity contribution < 1.29 is 0 Å². The summed E-state index contributed by atoms with van der Waals surface area (Å²) in [6.07, 6.45) is 1.71. The summed E-state index contributed by atoms with van der Waals surface area (Å²) >= 11 is 0. The Labute approximate surface area is 91.8 Å². The fourth-order valence-electron chi connectivity index (χ4n) is 1.59. The third-order valence-electron chi connectivity index (χ3n) is 2.48. The van der Waals surface area contributed by atoms with E-state index in [0.29, 0.717) is 6.17 Å². The van der Waals surface area contributed by atoms with E-state index in [2.05, 4.69) is 57.5 Å². The van der Waals surface area contributed by atoms with E-state index >= 15 is 0 Å². The van der Waals surface area contributed by atoms with Crippen molar-refractivity contribution in [3.8, 4) is 0 Å². The van der Waals surface area contributed by atoms with Gasteiger partial charge in [0.2, 0.25) is 0 Å². The van der Waals surface area contributed by atoms with Crippen LogP contribution in [0.15, 0.2) is 11.3 Å². The Morgan fingerprint density at radius 3 is 2.07 bits per heavy atom. The van der Waals surface area contributed by atoms with E-state index in [1.54, 1.807) is 5.57 Å². The van der Waals surface area contributed by atoms with Gasteiger partial charge in [-0.3, -0.25) is 9.80 Å². The molecule has 0 saturated carbocycles. The second-order valence-corrected chi connectivity index (χ2v) is 6.44. The van der Waals surface area contributed by atoms with E-state index in [1.165, 1.54) is 12.5 Å². The van der Waals surface area contributed by atoms with Crippen LogP contribution < -0.4 is 0 Å². The van der Waals surface area contributed by atoms with E-state index < -0.39 is 0 Å². The van der Waals surface area contributed by atoms with Crippen LogP contribution in [0.4, 0.5) is 0 Å². The Hall–Kier alpha value is -0.123. The highest BCUT2D eigenvalue weighted by Gasteiger charge is 2.13. The van der Waals surface area contributed by atoms with Crippen molar-refractivity contribution in [1.82, 2.24) is 9.80 Å². The van der Waals surface area contributed by atoms with E-state index in [1.807, 2.05) is 0 Å². The molecule has 0 atom stereocenters. The van der Waals surface area contributed by atoms with Gasteiger partial charge in [-0.2, -0.15) is 0 Å². The van der Waals surface area contributed by atoms with Crippen LogP contribution in [0.5, 0.6) is 0 Å². The van der Waals surface area contributed by atoms with E-state index in [0.717, 1.165) is 0 Å². The molecule has 84 valence electrons. The topological polar surface area (TPSA) is 6.48 Å². The van der Waals surface area contributed by atoms with Gasteiger partial charge in [0, 0.05) is 9.52 Å². The monoisotopic (exact) mass is 214 g/mol. The minimum Gasteiger partial charge on any atom is -0.294 e. The average molecular weight is 214 g/mol. The number of hydrogen-bond donors (Lipinski definition) is 0. The Kier molecular flexibility index (Phi) is 7.14. The first-order valence-electron chi connectivity index (χ1n) is 5.47. The molecule has 0 aliphatic rings. The van der Waals surface area contributed by atoms with Crippen molar-refractivity contribution in [1.29, 1.82) is 0 Å². The summed E-state index contributed by atoms with van der Waals surface area (Å²) in [5.74, 6) is 0. The third-order valence-corrected chi connectivity index (χ3v) is 4.04. The van der Waals surface area contributed by atoms with Crippen molar-refractivity contribution in [2.45, 2.75) is 32.5 Å². The molecule has 0 unspecified atom stereocenters. The minimum atomic E-state index is 0.0831. The summed E-state index contributed by atoms with van der Waals surface area (Å²) in [6.45, 7) is 4.55. The molecular weight excluding hydrogens is 188 g/mol. The van der Waals surface area contributed by atoms with Crippen molar-refractivity contribution >= 4 is 9.52 Å². The fourth-order valence-corrected chi connectivity index (χ4v) is 2.54. The Morgan fingerprint density at radius 1 is 1.21 bits per heavy atom. The van der Waals surface area contributed by atoms with Crippen molar-refractivity contribution in [2.24, 2.45) is 0 Å². The van der Waals surface area contributed by atoms with Gasteiger partial charge in [-0.25, -0.2) is 0 Å². The number of nitrogens with zero attached hydrogens (tertiary/aromatic N) is 2. The highest BCUT2D eigenvalue weighted by molar-refractivity contribution is 6.42. The molecule has 0 bridgehead atoms. The maximum Gasteiger partial charge on any atom is 0.0650 e. The molecule has 0 aromatic carbocycles. The van der Waals surface area contributed by atoms with Crippen molar-refractivity contribution in [3.05, 3.63) is 11.3 Å². The molecule has 0 fully saturated rings. The minimum absolute atomic E-state index is 0.0831. The molecule has 0 N–H and O–H groups in total. The maximum absolute atomic E-state index is 2.50. The predicted octanol–water partition coefficient (Wildman–Crippen LogP) is 1.34. The molecule has 0 aromatic heterocycles. The predicted molar refractivity (Wildman–Crippen MR) is 68.6 cm³/mol. The van der Waals surface area contributed by atoms with E-state index in [4.69, 9.17) is 0 Å². The van der Waals surface area contributed by atoms with Gasteiger partial charge in [0.15, 0.2) is 0 Å². The van der Waals surface area contributed by atoms with Gasteiger partial charge in [0.25, 0.3) is 0 Å². The molecule has 2 nitrogen and oxygen atoms in total. The molecule has 0 aliphatic heterocycles. The summed E-state index contributed by atoms with van der Waals surface area (Å²) in [5.41, 5.74) is 4.06. The molecule has 0 radical (unpaired) electrons. The van der Waals surface area contributed by atoms with Crippen LogP contribution in [-0.4, -0.2) is 53.7 Å². The first-order chi connectivity index (χ1) is 6.49. The standard InChI is InChI=1S/C11H26N2Si/c1-7-14-9-10(2)8-11(12(3)4)13(5)6/h9,11H,7-8,14H2,1-6H3. The Morgan fingerprint density at radius 2 is 1.71 bits per heavy atom. The maximum atomic E-state index is 2.50. The molecule has 0 aliphatic carbocycles. The van der Waals surface area contributed by atoms with Gasteiger partial charge in [0.05, 0.1) is 6.17 Å². The Bertz CT molecular complexity index is 168. The van der Waals surface area contributed by atoms with Crippen LogP contribution in [0.1, 0.15) is 20.3 Å². The Balaban J connectivity index is 4.16. The zero-order valence-electron chi connectivity index (χ0n) is 10.7. The molecule has 0 rings (SSSR count). The lowest BCUT2D eigenvalue weighted by molar-refractivity contribution is 0.129. The number of rotatable bonds is 6. The van der Waals surface area contributed by atoms with Crippen LogP contribution in [0.2, 0.25) is 6.04 Å². The molecule has 0 heterocycles. The van der Waals surface area contributed by atoms with Gasteiger partial charge < -0.3 is 0 Å². The molecule has 0 aromatic rings. The van der Waals surface area contributed by atoms with Gasteiger partial charge in [-0.05, 0) is 41.5 Å². The van der Waals surface area contributed by atoms with Gasteiger partial charge >= 0.3 is 0 Å². The highest BCUT2D eigenvalue weighted by Crippen LogP contribution is 2.10. The SMILES string of the molecule is CC[SiH2]C=C(C)CC(N(C)C)N(C)C. The highest BCUT2D eigenvalue weighted by atomic mass is 28.2. The lowest BCUT2D eigenvalue weighted by atomic mass is 10.2. The number of hydrogen-bond acceptors (Lipinski definition) is 2. The quantitative estimate of drug-likeness (QED) is 0.486. The van der Waals surface area contributed by atoms with Crippen LogP contribution >= 0.6 is 0 Å². The largest absolute Gasteiger partial charge is 0.294 e. The van der Waals surface area contributed by atoms with Gasteiger partial charge in [-0.15, -0.1) is 5.70 Å². The van der Waals surface area contributed by atoms with Crippen molar-refractivity contribution in [3.63, 3.8) is 0 Å². The molecule has 14 heavy (non-hydrogen) atoms. The lowest BCUT2D eigenvalue weighted by Gasteiger charge is -2.30. The van der Waals surface area contributed by atoms with Crippen LogP contribution in [0.3, 0.4) is 0 Å². The summed E-state index contributed by atoms with van der Waals surface area (Å²) in [6, 6.07) is 1.38. The summed E-state index contributed by atoms with van der Waals surface area (Å²) in [7, 11) is 8.68. The van der Waals surface area contributed by atoms with Crippen molar-refractivity contribution in [2.75, 3.05) is 28.2 Å². The second kappa shape index (κ2) is 7.21.